The van der Waals surface area contributed by atoms with Crippen LogP contribution >= 0.6 is 0 Å². The molecule has 1 atom stereocenters. The minimum Gasteiger partial charge on any atom is -0.488 e. The first-order valence-corrected chi connectivity index (χ1v) is 5.35. The van der Waals surface area contributed by atoms with E-state index in [-0.39, 0.29) is 11.8 Å². The average molecular weight is 223 g/mol. The van der Waals surface area contributed by atoms with Crippen LogP contribution < -0.4 is 4.74 Å². The van der Waals surface area contributed by atoms with Gasteiger partial charge in [-0.3, -0.25) is 0 Å². The summed E-state index contributed by atoms with van der Waals surface area (Å²) in [6, 6.07) is 3.30. The second kappa shape index (κ2) is 5.49. The van der Waals surface area contributed by atoms with Gasteiger partial charge >= 0.3 is 5.97 Å². The number of carbonyl (C=O) groups is 1. The molecule has 0 aliphatic rings. The zero-order valence-corrected chi connectivity index (χ0v) is 9.80. The standard InChI is InChI=1S/C12H17NO3/c1-8(2)7-9(3)16-10-5-4-6-13-11(10)12(14)15/h4-6,8-9H,7H2,1-3H3,(H,14,15). The number of pyridine rings is 1. The first kappa shape index (κ1) is 12.5. The molecular formula is C12H17NO3. The zero-order chi connectivity index (χ0) is 12.1. The monoisotopic (exact) mass is 223 g/mol. The second-order valence-corrected chi connectivity index (χ2v) is 4.21. The maximum absolute atomic E-state index is 10.9. The molecule has 0 aromatic carbocycles. The van der Waals surface area contributed by atoms with Crippen molar-refractivity contribution in [3.05, 3.63) is 24.0 Å². The molecule has 0 fully saturated rings. The van der Waals surface area contributed by atoms with Crippen molar-refractivity contribution < 1.29 is 14.6 Å². The summed E-state index contributed by atoms with van der Waals surface area (Å²) < 4.78 is 5.57. The van der Waals surface area contributed by atoms with Crippen LogP contribution in [0.5, 0.6) is 5.75 Å². The largest absolute Gasteiger partial charge is 0.488 e. The van der Waals surface area contributed by atoms with E-state index < -0.39 is 5.97 Å². The minimum atomic E-state index is -1.06. The van der Waals surface area contributed by atoms with Crippen LogP contribution in [-0.2, 0) is 0 Å². The number of aromatic nitrogens is 1. The fourth-order valence-electron chi connectivity index (χ4n) is 1.57. The van der Waals surface area contributed by atoms with Crippen LogP contribution in [0.1, 0.15) is 37.7 Å². The van der Waals surface area contributed by atoms with E-state index in [1.807, 2.05) is 6.92 Å². The minimum absolute atomic E-state index is 0.0118. The maximum Gasteiger partial charge on any atom is 0.358 e. The van der Waals surface area contributed by atoms with Crippen molar-refractivity contribution in [1.82, 2.24) is 4.98 Å². The van der Waals surface area contributed by atoms with Gasteiger partial charge in [-0.2, -0.15) is 0 Å². The quantitative estimate of drug-likeness (QED) is 0.833. The zero-order valence-electron chi connectivity index (χ0n) is 9.80. The number of carboxylic acid groups (broad SMARTS) is 1. The third kappa shape index (κ3) is 3.53. The van der Waals surface area contributed by atoms with Gasteiger partial charge in [0.1, 0.15) is 0 Å². The maximum atomic E-state index is 10.9. The first-order valence-electron chi connectivity index (χ1n) is 5.35. The lowest BCUT2D eigenvalue weighted by Crippen LogP contribution is -2.16. The Hall–Kier alpha value is -1.58. The second-order valence-electron chi connectivity index (χ2n) is 4.21. The summed E-state index contributed by atoms with van der Waals surface area (Å²) in [5, 5.41) is 8.92. The van der Waals surface area contributed by atoms with Gasteiger partial charge in [0.25, 0.3) is 0 Å². The van der Waals surface area contributed by atoms with Crippen molar-refractivity contribution in [2.75, 3.05) is 0 Å². The van der Waals surface area contributed by atoms with Crippen molar-refractivity contribution in [2.24, 2.45) is 5.92 Å². The highest BCUT2D eigenvalue weighted by Crippen LogP contribution is 2.19. The van der Waals surface area contributed by atoms with Gasteiger partial charge < -0.3 is 9.84 Å². The molecule has 88 valence electrons. The Kier molecular flexibility index (Phi) is 4.28. The fourth-order valence-corrected chi connectivity index (χ4v) is 1.57. The van der Waals surface area contributed by atoms with Crippen molar-refractivity contribution in [1.29, 1.82) is 0 Å². The highest BCUT2D eigenvalue weighted by Gasteiger charge is 2.15. The Morgan fingerprint density at radius 1 is 1.50 bits per heavy atom. The predicted octanol–water partition coefficient (Wildman–Crippen LogP) is 2.59. The van der Waals surface area contributed by atoms with Gasteiger partial charge in [-0.25, -0.2) is 9.78 Å². The molecule has 1 aromatic heterocycles. The molecule has 0 saturated heterocycles. The topological polar surface area (TPSA) is 59.4 Å². The number of ether oxygens (including phenoxy) is 1. The van der Waals surface area contributed by atoms with Crippen LogP contribution in [0.15, 0.2) is 18.3 Å². The number of rotatable bonds is 5. The molecule has 16 heavy (non-hydrogen) atoms. The van der Waals surface area contributed by atoms with Crippen LogP contribution in [0.3, 0.4) is 0 Å². The van der Waals surface area contributed by atoms with Crippen LogP contribution in [0, 0.1) is 5.92 Å². The van der Waals surface area contributed by atoms with E-state index >= 15 is 0 Å². The molecule has 0 radical (unpaired) electrons. The summed E-state index contributed by atoms with van der Waals surface area (Å²) >= 11 is 0. The Morgan fingerprint density at radius 3 is 2.75 bits per heavy atom. The van der Waals surface area contributed by atoms with Gasteiger partial charge in [0.05, 0.1) is 6.10 Å². The molecule has 4 nitrogen and oxygen atoms in total. The van der Waals surface area contributed by atoms with Crippen LogP contribution in [-0.4, -0.2) is 22.2 Å². The van der Waals surface area contributed by atoms with E-state index in [0.29, 0.717) is 11.7 Å². The van der Waals surface area contributed by atoms with Gasteiger partial charge in [0.15, 0.2) is 11.4 Å². The molecule has 0 bridgehead atoms. The fraction of sp³-hybridized carbons (Fsp3) is 0.500. The third-order valence-corrected chi connectivity index (χ3v) is 2.10. The van der Waals surface area contributed by atoms with Gasteiger partial charge in [-0.05, 0) is 31.4 Å². The molecule has 1 N–H and O–H groups in total. The van der Waals surface area contributed by atoms with Gasteiger partial charge in [-0.15, -0.1) is 0 Å². The molecule has 0 aliphatic heterocycles. The Bertz CT molecular complexity index is 363. The molecule has 0 aliphatic carbocycles. The van der Waals surface area contributed by atoms with Crippen molar-refractivity contribution >= 4 is 5.97 Å². The molecule has 0 spiro atoms. The summed E-state index contributed by atoms with van der Waals surface area (Å²) in [5.74, 6) is -0.213. The highest BCUT2D eigenvalue weighted by molar-refractivity contribution is 5.88. The predicted molar refractivity (Wildman–Crippen MR) is 60.7 cm³/mol. The van der Waals surface area contributed by atoms with Crippen LogP contribution in [0.4, 0.5) is 0 Å². The first-order chi connectivity index (χ1) is 7.50. The van der Waals surface area contributed by atoms with Crippen molar-refractivity contribution in [2.45, 2.75) is 33.3 Å². The number of aromatic carboxylic acids is 1. The Labute approximate surface area is 95.3 Å². The summed E-state index contributed by atoms with van der Waals surface area (Å²) in [6.45, 7) is 6.13. The summed E-state index contributed by atoms with van der Waals surface area (Å²) in [5.41, 5.74) is -0.0295. The Morgan fingerprint density at radius 2 is 2.19 bits per heavy atom. The van der Waals surface area contributed by atoms with Crippen molar-refractivity contribution in [3.63, 3.8) is 0 Å². The SMILES string of the molecule is CC(C)CC(C)Oc1cccnc1C(=O)O. The molecule has 1 unspecified atom stereocenters. The van der Waals surface area contributed by atoms with E-state index in [9.17, 15) is 4.79 Å². The summed E-state index contributed by atoms with van der Waals surface area (Å²) in [4.78, 5) is 14.7. The number of nitrogens with zero attached hydrogens (tertiary/aromatic N) is 1. The average Bonchev–Trinajstić information content (AvgIpc) is 2.16. The molecular weight excluding hydrogens is 206 g/mol. The molecule has 1 rings (SSSR count). The number of carboxylic acids is 1. The van der Waals surface area contributed by atoms with Gasteiger partial charge in [-0.1, -0.05) is 13.8 Å². The van der Waals surface area contributed by atoms with E-state index in [0.717, 1.165) is 6.42 Å². The highest BCUT2D eigenvalue weighted by atomic mass is 16.5. The smallest absolute Gasteiger partial charge is 0.358 e. The lowest BCUT2D eigenvalue weighted by Gasteiger charge is -2.17. The third-order valence-electron chi connectivity index (χ3n) is 2.10. The Balaban J connectivity index is 2.76. The number of hydrogen-bond acceptors (Lipinski definition) is 3. The lowest BCUT2D eigenvalue weighted by molar-refractivity contribution is 0.0681. The van der Waals surface area contributed by atoms with E-state index in [1.165, 1.54) is 6.20 Å². The van der Waals surface area contributed by atoms with Crippen molar-refractivity contribution in [3.8, 4) is 5.75 Å². The molecule has 4 heteroatoms. The summed E-state index contributed by atoms with van der Waals surface area (Å²) in [7, 11) is 0. The molecule has 1 heterocycles. The molecule has 0 amide bonds. The normalized spacial score (nSPS) is 12.5. The number of hydrogen-bond donors (Lipinski definition) is 1. The summed E-state index contributed by atoms with van der Waals surface area (Å²) in [6.07, 6.45) is 2.32. The lowest BCUT2D eigenvalue weighted by atomic mass is 10.1. The molecule has 0 saturated carbocycles. The van der Waals surface area contributed by atoms with Gasteiger partial charge in [0.2, 0.25) is 0 Å². The van der Waals surface area contributed by atoms with Crippen LogP contribution in [0.2, 0.25) is 0 Å². The van der Waals surface area contributed by atoms with Crippen LogP contribution in [0.25, 0.3) is 0 Å². The van der Waals surface area contributed by atoms with E-state index in [2.05, 4.69) is 18.8 Å². The van der Waals surface area contributed by atoms with E-state index in [1.54, 1.807) is 12.1 Å². The van der Waals surface area contributed by atoms with E-state index in [4.69, 9.17) is 9.84 Å². The van der Waals surface area contributed by atoms with Gasteiger partial charge in [0, 0.05) is 6.20 Å². The molecule has 1 aromatic rings.